The molecule has 2 atom stereocenters. The average molecular weight is 569 g/mol. The fourth-order valence-corrected chi connectivity index (χ4v) is 5.39. The number of piperidine rings is 1. The molecule has 3 rings (SSSR count). The number of rotatable bonds is 9. The summed E-state index contributed by atoms with van der Waals surface area (Å²) in [4.78, 5) is 27.1. The monoisotopic (exact) mass is 568 g/mol. The van der Waals surface area contributed by atoms with Gasteiger partial charge in [-0.3, -0.25) is 9.59 Å². The van der Waals surface area contributed by atoms with Crippen LogP contribution in [0.3, 0.4) is 0 Å². The summed E-state index contributed by atoms with van der Waals surface area (Å²) >= 11 is 0. The average Bonchev–Trinajstić information content (AvgIpc) is 2.90. The van der Waals surface area contributed by atoms with Gasteiger partial charge in [0, 0.05) is 42.8 Å². The number of ether oxygens (including phenoxy) is 3. The minimum absolute atomic E-state index is 0.0215. The minimum Gasteiger partial charge on any atom is -0.493 e. The van der Waals surface area contributed by atoms with E-state index in [1.54, 1.807) is 6.92 Å². The highest BCUT2D eigenvalue weighted by Gasteiger charge is 2.64. The molecular formula is C28H29F5N2O5. The number of nitrogens with zero attached hydrogens (tertiary/aromatic N) is 2. The van der Waals surface area contributed by atoms with Gasteiger partial charge in [0.1, 0.15) is 5.82 Å². The van der Waals surface area contributed by atoms with Crippen molar-refractivity contribution in [3.8, 4) is 11.8 Å². The highest BCUT2D eigenvalue weighted by Crippen LogP contribution is 2.51. The third kappa shape index (κ3) is 5.61. The third-order valence-electron chi connectivity index (χ3n) is 7.33. The van der Waals surface area contributed by atoms with Gasteiger partial charge in [-0.1, -0.05) is 30.3 Å². The zero-order valence-electron chi connectivity index (χ0n) is 22.2. The Bertz CT molecular complexity index is 1260. The maximum absolute atomic E-state index is 14.6. The molecule has 0 bridgehead atoms. The van der Waals surface area contributed by atoms with Crippen LogP contribution >= 0.6 is 0 Å². The zero-order valence-corrected chi connectivity index (χ0v) is 22.2. The predicted molar refractivity (Wildman–Crippen MR) is 132 cm³/mol. The van der Waals surface area contributed by atoms with E-state index in [-0.39, 0.29) is 44.5 Å². The highest BCUT2D eigenvalue weighted by molar-refractivity contribution is 5.88. The first-order valence-electron chi connectivity index (χ1n) is 12.5. The molecule has 0 spiro atoms. The van der Waals surface area contributed by atoms with Crippen molar-refractivity contribution in [2.24, 2.45) is 5.41 Å². The number of benzene rings is 2. The lowest BCUT2D eigenvalue weighted by molar-refractivity contribution is -0.271. The number of hydrogen-bond donors (Lipinski definition) is 0. The molecule has 1 fully saturated rings. The molecule has 1 heterocycles. The van der Waals surface area contributed by atoms with Crippen molar-refractivity contribution in [2.45, 2.75) is 43.9 Å². The molecule has 1 amide bonds. The van der Waals surface area contributed by atoms with Crippen LogP contribution < -0.4 is 4.74 Å². The minimum atomic E-state index is -5.12. The molecule has 0 aromatic heterocycles. The van der Waals surface area contributed by atoms with Crippen molar-refractivity contribution in [1.82, 2.24) is 4.90 Å². The summed E-state index contributed by atoms with van der Waals surface area (Å²) < 4.78 is 87.3. The largest absolute Gasteiger partial charge is 0.493 e. The second-order valence-corrected chi connectivity index (χ2v) is 9.46. The molecular weight excluding hydrogens is 539 g/mol. The normalized spacial score (nSPS) is 17.3. The number of carbonyl (C=O) groups is 2. The molecule has 0 saturated carbocycles. The Labute approximate surface area is 228 Å². The number of likely N-dealkylation sites (tertiary alicyclic amines) is 1. The van der Waals surface area contributed by atoms with Gasteiger partial charge in [-0.05, 0) is 25.8 Å². The number of halogens is 5. The Morgan fingerprint density at radius 2 is 1.73 bits per heavy atom. The maximum atomic E-state index is 14.6. The molecule has 1 aliphatic heterocycles. The first kappa shape index (κ1) is 30.8. The number of nitriles is 1. The van der Waals surface area contributed by atoms with Gasteiger partial charge < -0.3 is 19.1 Å². The van der Waals surface area contributed by atoms with Crippen molar-refractivity contribution in [1.29, 1.82) is 5.26 Å². The molecule has 12 heteroatoms. The van der Waals surface area contributed by atoms with E-state index < -0.39 is 57.9 Å². The van der Waals surface area contributed by atoms with Crippen LogP contribution in [0, 0.1) is 28.4 Å². The maximum Gasteiger partial charge on any atom is 0.430 e. The van der Waals surface area contributed by atoms with Crippen LogP contribution in [0.5, 0.6) is 5.75 Å². The first-order valence-corrected chi connectivity index (χ1v) is 12.5. The van der Waals surface area contributed by atoms with E-state index in [1.807, 2.05) is 6.07 Å². The lowest BCUT2D eigenvalue weighted by Crippen LogP contribution is -2.59. The Balaban J connectivity index is 2.04. The molecule has 0 N–H and O–H groups in total. The topological polar surface area (TPSA) is 88.9 Å². The Morgan fingerprint density at radius 1 is 1.10 bits per heavy atom. The van der Waals surface area contributed by atoms with Gasteiger partial charge in [-0.2, -0.15) is 18.4 Å². The van der Waals surface area contributed by atoms with Crippen LogP contribution in [-0.2, 0) is 24.7 Å². The van der Waals surface area contributed by atoms with Crippen LogP contribution in [-0.4, -0.2) is 56.9 Å². The van der Waals surface area contributed by atoms with Crippen LogP contribution in [0.15, 0.2) is 42.5 Å². The van der Waals surface area contributed by atoms with E-state index in [0.29, 0.717) is 6.07 Å². The van der Waals surface area contributed by atoms with E-state index in [1.165, 1.54) is 18.2 Å². The fourth-order valence-electron chi connectivity index (χ4n) is 5.39. The van der Waals surface area contributed by atoms with Crippen LogP contribution in [0.1, 0.15) is 43.2 Å². The number of amides is 1. The van der Waals surface area contributed by atoms with Gasteiger partial charge in [-0.25, -0.2) is 8.78 Å². The molecule has 0 radical (unpaired) electrons. The molecule has 40 heavy (non-hydrogen) atoms. The van der Waals surface area contributed by atoms with Crippen LogP contribution in [0.2, 0.25) is 0 Å². The van der Waals surface area contributed by atoms with E-state index in [4.69, 9.17) is 14.2 Å². The van der Waals surface area contributed by atoms with Gasteiger partial charge in [0.05, 0.1) is 32.1 Å². The third-order valence-corrected chi connectivity index (χ3v) is 7.33. The van der Waals surface area contributed by atoms with E-state index in [9.17, 15) is 36.8 Å². The van der Waals surface area contributed by atoms with Crippen LogP contribution in [0.4, 0.5) is 22.0 Å². The molecule has 0 aliphatic carbocycles. The first-order chi connectivity index (χ1) is 18.9. The highest BCUT2D eigenvalue weighted by atomic mass is 19.4. The van der Waals surface area contributed by atoms with Gasteiger partial charge in [0.15, 0.2) is 11.6 Å². The van der Waals surface area contributed by atoms with Crippen molar-refractivity contribution < 1.29 is 45.8 Å². The number of hydrogen-bond acceptors (Lipinski definition) is 6. The van der Waals surface area contributed by atoms with Crippen molar-refractivity contribution in [3.05, 3.63) is 65.2 Å². The van der Waals surface area contributed by atoms with Gasteiger partial charge in [0.2, 0.25) is 0 Å². The molecule has 2 aromatic carbocycles. The molecule has 2 aromatic rings. The quantitative estimate of drug-likeness (QED) is 0.304. The summed E-state index contributed by atoms with van der Waals surface area (Å²) in [5.41, 5.74) is -5.20. The molecule has 1 saturated heterocycles. The van der Waals surface area contributed by atoms with Gasteiger partial charge in [0.25, 0.3) is 11.5 Å². The fraction of sp³-hybridized carbons (Fsp3) is 0.464. The smallest absolute Gasteiger partial charge is 0.430 e. The summed E-state index contributed by atoms with van der Waals surface area (Å²) in [5, 5.41) is 10.2. The molecule has 216 valence electrons. The summed E-state index contributed by atoms with van der Waals surface area (Å²) in [5.74, 6) is -5.82. The molecule has 1 unspecified atom stereocenters. The number of esters is 1. The molecule has 1 aliphatic rings. The standard InChI is InChI=1S/C28H29F5N2O5/c1-4-40-23(36)16-26(21(17-34)20-14-19(29)15-22(30)24(20)38-2)10-12-35(13-11-26)25(37)27(39-3,28(31,32)33)18-8-6-5-7-9-18/h5-9,14-15,21H,4,10-13,16H2,1-3H3/t21?,27-/m1/s1. The Kier molecular flexibility index (Phi) is 9.40. The van der Waals surface area contributed by atoms with Gasteiger partial charge in [-0.15, -0.1) is 0 Å². The summed E-state index contributed by atoms with van der Waals surface area (Å²) in [6, 6.07) is 10.0. The van der Waals surface area contributed by atoms with E-state index in [0.717, 1.165) is 37.3 Å². The zero-order chi connectivity index (χ0) is 29.7. The SMILES string of the molecule is CCOC(=O)CC1(C(C#N)c2cc(F)cc(F)c2OC)CCN(C(=O)[C@](OC)(c2ccccc2)C(F)(F)F)CC1. The summed E-state index contributed by atoms with van der Waals surface area (Å²) in [7, 11) is 1.93. The lowest BCUT2D eigenvalue weighted by Gasteiger charge is -2.46. The molecule has 7 nitrogen and oxygen atoms in total. The number of alkyl halides is 3. The van der Waals surface area contributed by atoms with Crippen molar-refractivity contribution in [2.75, 3.05) is 33.9 Å². The second-order valence-electron chi connectivity index (χ2n) is 9.46. The summed E-state index contributed by atoms with van der Waals surface area (Å²) in [6.45, 7) is 0.992. The second kappa shape index (κ2) is 12.2. The van der Waals surface area contributed by atoms with Crippen molar-refractivity contribution in [3.63, 3.8) is 0 Å². The van der Waals surface area contributed by atoms with Crippen molar-refractivity contribution >= 4 is 11.9 Å². The Morgan fingerprint density at radius 3 is 2.23 bits per heavy atom. The van der Waals surface area contributed by atoms with Crippen LogP contribution in [0.25, 0.3) is 0 Å². The van der Waals surface area contributed by atoms with E-state index in [2.05, 4.69) is 0 Å². The van der Waals surface area contributed by atoms with Gasteiger partial charge >= 0.3 is 12.1 Å². The Hall–Kier alpha value is -3.72. The predicted octanol–water partition coefficient (Wildman–Crippen LogP) is 5.25. The van der Waals surface area contributed by atoms with E-state index >= 15 is 0 Å². The lowest BCUT2D eigenvalue weighted by atomic mass is 9.64. The number of methoxy groups -OCH3 is 2. The summed E-state index contributed by atoms with van der Waals surface area (Å²) in [6.07, 6.45) is -5.80. The number of carbonyl (C=O) groups excluding carboxylic acids is 2.